The monoisotopic (exact) mass is 355 g/mol. The van der Waals surface area contributed by atoms with Crippen LogP contribution in [-0.2, 0) is 17.8 Å². The van der Waals surface area contributed by atoms with Crippen molar-refractivity contribution in [1.82, 2.24) is 9.78 Å². The van der Waals surface area contributed by atoms with E-state index < -0.39 is 24.6 Å². The molecule has 1 amide bonds. The molecule has 0 aliphatic carbocycles. The third-order valence-electron chi connectivity index (χ3n) is 3.59. The number of nitrogens with zero attached hydrogens (tertiary/aromatic N) is 2. The number of carbonyl (C=O) groups is 2. The predicted octanol–water partition coefficient (Wildman–Crippen LogP) is 2.94. The van der Waals surface area contributed by atoms with Gasteiger partial charge in [0.15, 0.2) is 0 Å². The molecule has 9 heteroatoms. The number of rotatable bonds is 5. The van der Waals surface area contributed by atoms with E-state index in [2.05, 4.69) is 10.4 Å². The number of carboxylic acid groups (broad SMARTS) is 1. The lowest BCUT2D eigenvalue weighted by molar-refractivity contribution is -0.143. The van der Waals surface area contributed by atoms with E-state index in [9.17, 15) is 22.8 Å². The molecule has 0 unspecified atom stereocenters. The molecule has 0 bridgehead atoms. The lowest BCUT2D eigenvalue weighted by Gasteiger charge is -2.09. The smallest absolute Gasteiger partial charge is 0.408 e. The fourth-order valence-corrected chi connectivity index (χ4v) is 2.41. The fourth-order valence-electron chi connectivity index (χ4n) is 2.41. The molecule has 0 radical (unpaired) electrons. The van der Waals surface area contributed by atoms with Crippen molar-refractivity contribution in [2.45, 2.75) is 33.0 Å². The van der Waals surface area contributed by atoms with Gasteiger partial charge in [-0.25, -0.2) is 4.79 Å². The molecule has 0 atom stereocenters. The first-order chi connectivity index (χ1) is 11.6. The number of hydrogen-bond donors (Lipinski definition) is 2. The second kappa shape index (κ2) is 6.96. The Bertz CT molecular complexity index is 813. The predicted molar refractivity (Wildman–Crippen MR) is 83.5 cm³/mol. The quantitative estimate of drug-likeness (QED) is 0.864. The summed E-state index contributed by atoms with van der Waals surface area (Å²) in [5.41, 5.74) is 1.34. The molecular weight excluding hydrogens is 339 g/mol. The van der Waals surface area contributed by atoms with Crippen LogP contribution in [0.2, 0.25) is 0 Å². The number of alkyl halides is 3. The van der Waals surface area contributed by atoms with Crippen molar-refractivity contribution >= 4 is 17.6 Å². The van der Waals surface area contributed by atoms with Gasteiger partial charge < -0.3 is 10.4 Å². The van der Waals surface area contributed by atoms with Gasteiger partial charge in [0.1, 0.15) is 6.54 Å². The van der Waals surface area contributed by atoms with Crippen molar-refractivity contribution in [2.24, 2.45) is 0 Å². The molecule has 0 fully saturated rings. The van der Waals surface area contributed by atoms with Gasteiger partial charge in [-0.15, -0.1) is 0 Å². The highest BCUT2D eigenvalue weighted by Crippen LogP contribution is 2.21. The van der Waals surface area contributed by atoms with Crippen molar-refractivity contribution in [3.63, 3.8) is 0 Å². The van der Waals surface area contributed by atoms with E-state index in [0.29, 0.717) is 16.9 Å². The first-order valence-corrected chi connectivity index (χ1v) is 7.29. The third-order valence-corrected chi connectivity index (χ3v) is 3.59. The van der Waals surface area contributed by atoms with Crippen LogP contribution in [0.15, 0.2) is 24.3 Å². The highest BCUT2D eigenvalue weighted by Gasteiger charge is 2.30. The van der Waals surface area contributed by atoms with Crippen LogP contribution in [0, 0.1) is 13.8 Å². The van der Waals surface area contributed by atoms with E-state index in [-0.39, 0.29) is 17.7 Å². The Morgan fingerprint density at radius 3 is 2.56 bits per heavy atom. The first-order valence-electron chi connectivity index (χ1n) is 7.29. The van der Waals surface area contributed by atoms with Gasteiger partial charge in [-0.05, 0) is 32.0 Å². The molecule has 0 saturated carbocycles. The Balaban J connectivity index is 2.13. The van der Waals surface area contributed by atoms with Crippen LogP contribution in [0.4, 0.5) is 18.9 Å². The minimum absolute atomic E-state index is 0.0168. The van der Waals surface area contributed by atoms with Gasteiger partial charge in [0.25, 0.3) is 0 Å². The van der Waals surface area contributed by atoms with E-state index in [1.807, 2.05) is 0 Å². The number of carbonyl (C=O) groups excluding carboxylic acids is 1. The summed E-state index contributed by atoms with van der Waals surface area (Å²) in [5, 5.41) is 15.3. The van der Waals surface area contributed by atoms with E-state index in [0.717, 1.165) is 4.68 Å². The Labute approximate surface area is 141 Å². The molecule has 1 aromatic heterocycles. The maximum absolute atomic E-state index is 12.5. The number of aromatic nitrogens is 2. The number of anilines is 1. The van der Waals surface area contributed by atoms with Crippen LogP contribution >= 0.6 is 0 Å². The largest absolute Gasteiger partial charge is 0.478 e. The highest BCUT2D eigenvalue weighted by atomic mass is 19.4. The molecule has 6 nitrogen and oxygen atoms in total. The Morgan fingerprint density at radius 1 is 1.28 bits per heavy atom. The summed E-state index contributed by atoms with van der Waals surface area (Å²) in [7, 11) is 0. The zero-order chi connectivity index (χ0) is 18.8. The van der Waals surface area contributed by atoms with E-state index in [1.165, 1.54) is 38.1 Å². The average molecular weight is 355 g/mol. The molecule has 1 heterocycles. The topological polar surface area (TPSA) is 84.2 Å². The SMILES string of the molecule is Cc1nn(CC(F)(F)F)c(C)c1CC(=O)Nc1cccc(C(=O)O)c1. The number of benzene rings is 1. The number of aryl methyl sites for hydroxylation is 1. The molecule has 0 saturated heterocycles. The van der Waals surface area contributed by atoms with Gasteiger partial charge in [-0.1, -0.05) is 6.07 Å². The molecule has 1 aromatic carbocycles. The summed E-state index contributed by atoms with van der Waals surface area (Å²) in [5.74, 6) is -1.60. The zero-order valence-electron chi connectivity index (χ0n) is 13.5. The highest BCUT2D eigenvalue weighted by molar-refractivity contribution is 5.95. The number of aromatic carboxylic acids is 1. The number of nitrogens with one attached hydrogen (secondary N) is 1. The van der Waals surface area contributed by atoms with E-state index in [4.69, 9.17) is 5.11 Å². The Morgan fingerprint density at radius 2 is 1.96 bits per heavy atom. The summed E-state index contributed by atoms with van der Waals surface area (Å²) in [6, 6.07) is 5.69. The molecule has 2 N–H and O–H groups in total. The summed E-state index contributed by atoms with van der Waals surface area (Å²) in [4.78, 5) is 23.1. The second-order valence-electron chi connectivity index (χ2n) is 5.53. The fraction of sp³-hybridized carbons (Fsp3) is 0.312. The number of amides is 1. The van der Waals surface area contributed by atoms with Crippen molar-refractivity contribution in [1.29, 1.82) is 0 Å². The van der Waals surface area contributed by atoms with Crippen molar-refractivity contribution in [3.8, 4) is 0 Å². The standard InChI is InChI=1S/C16H16F3N3O3/c1-9-13(10(2)22(21-9)8-16(17,18)19)7-14(23)20-12-5-3-4-11(6-12)15(24)25/h3-6H,7-8H2,1-2H3,(H,20,23)(H,24,25). The molecule has 0 aliphatic rings. The average Bonchev–Trinajstić information content (AvgIpc) is 2.73. The summed E-state index contributed by atoms with van der Waals surface area (Å²) >= 11 is 0. The van der Waals surface area contributed by atoms with Crippen LogP contribution in [0.1, 0.15) is 27.3 Å². The van der Waals surface area contributed by atoms with Gasteiger partial charge in [-0.3, -0.25) is 9.48 Å². The Hall–Kier alpha value is -2.84. The van der Waals surface area contributed by atoms with Gasteiger partial charge in [-0.2, -0.15) is 18.3 Å². The normalized spacial score (nSPS) is 11.4. The number of carboxylic acids is 1. The lowest BCUT2D eigenvalue weighted by atomic mass is 10.1. The van der Waals surface area contributed by atoms with Crippen molar-refractivity contribution < 1.29 is 27.9 Å². The third kappa shape index (κ3) is 4.82. The van der Waals surface area contributed by atoms with Crippen molar-refractivity contribution in [3.05, 3.63) is 46.8 Å². The molecule has 0 aliphatic heterocycles. The van der Waals surface area contributed by atoms with Crippen LogP contribution in [-0.4, -0.2) is 32.9 Å². The van der Waals surface area contributed by atoms with Gasteiger partial charge >= 0.3 is 12.1 Å². The maximum atomic E-state index is 12.5. The second-order valence-corrected chi connectivity index (χ2v) is 5.53. The summed E-state index contributed by atoms with van der Waals surface area (Å²) in [6.45, 7) is 1.79. The Kier molecular flexibility index (Phi) is 5.15. The van der Waals surface area contributed by atoms with Crippen molar-refractivity contribution in [2.75, 3.05) is 5.32 Å². The number of halogens is 3. The van der Waals surface area contributed by atoms with Gasteiger partial charge in [0, 0.05) is 16.9 Å². The first kappa shape index (κ1) is 18.5. The van der Waals surface area contributed by atoms with E-state index >= 15 is 0 Å². The number of hydrogen-bond acceptors (Lipinski definition) is 3. The zero-order valence-corrected chi connectivity index (χ0v) is 13.5. The minimum atomic E-state index is -4.40. The minimum Gasteiger partial charge on any atom is -0.478 e. The van der Waals surface area contributed by atoms with Crippen LogP contribution in [0.3, 0.4) is 0 Å². The summed E-state index contributed by atoms with van der Waals surface area (Å²) < 4.78 is 38.4. The van der Waals surface area contributed by atoms with Crippen LogP contribution in [0.25, 0.3) is 0 Å². The van der Waals surface area contributed by atoms with Crippen LogP contribution < -0.4 is 5.32 Å². The molecular formula is C16H16F3N3O3. The van der Waals surface area contributed by atoms with Gasteiger partial charge in [0.05, 0.1) is 17.7 Å². The van der Waals surface area contributed by atoms with E-state index in [1.54, 1.807) is 0 Å². The van der Waals surface area contributed by atoms with Gasteiger partial charge in [0.2, 0.25) is 5.91 Å². The molecule has 2 rings (SSSR count). The molecule has 134 valence electrons. The van der Waals surface area contributed by atoms with Crippen LogP contribution in [0.5, 0.6) is 0 Å². The molecule has 25 heavy (non-hydrogen) atoms. The lowest BCUT2D eigenvalue weighted by Crippen LogP contribution is -2.20. The maximum Gasteiger partial charge on any atom is 0.408 e. The summed E-state index contributed by atoms with van der Waals surface area (Å²) in [6.07, 6.45) is -4.56. The molecule has 2 aromatic rings. The molecule has 0 spiro atoms.